The first-order valence-electron chi connectivity index (χ1n) is 4.05. The van der Waals surface area contributed by atoms with Gasteiger partial charge in [-0.3, -0.25) is 15.5 Å². The third-order valence-electron chi connectivity index (χ3n) is 1.66. The van der Waals surface area contributed by atoms with Crippen LogP contribution in [0.1, 0.15) is 5.56 Å². The van der Waals surface area contributed by atoms with Gasteiger partial charge in [-0.15, -0.1) is 0 Å². The van der Waals surface area contributed by atoms with Crippen LogP contribution in [-0.2, 0) is 6.54 Å². The number of hydrogen-bond acceptors (Lipinski definition) is 4. The average Bonchev–Trinajstić information content (AvgIpc) is 2.17. The molecular weight excluding hydrogens is 202 g/mol. The Kier molecular flexibility index (Phi) is 3.58. The zero-order chi connectivity index (χ0) is 11.3. The molecule has 0 bridgehead atoms. The predicted octanol–water partition coefficient (Wildman–Crippen LogP) is 0.867. The molecule has 0 saturated heterocycles. The maximum Gasteiger partial charge on any atom is 0.419 e. The summed E-state index contributed by atoms with van der Waals surface area (Å²) in [4.78, 5) is 20.1. The molecule has 0 aromatic heterocycles. The van der Waals surface area contributed by atoms with Crippen molar-refractivity contribution in [1.82, 2.24) is 10.9 Å². The van der Waals surface area contributed by atoms with Crippen LogP contribution in [0.15, 0.2) is 24.3 Å². The fourth-order valence-electron chi connectivity index (χ4n) is 1.05. The van der Waals surface area contributed by atoms with E-state index in [1.807, 2.05) is 5.43 Å². The van der Waals surface area contributed by atoms with Gasteiger partial charge in [0.05, 0.1) is 4.92 Å². The summed E-state index contributed by atoms with van der Waals surface area (Å²) in [5.74, 6) is 0. The second kappa shape index (κ2) is 4.91. The van der Waals surface area contributed by atoms with E-state index in [0.29, 0.717) is 5.56 Å². The minimum Gasteiger partial charge on any atom is -0.464 e. The highest BCUT2D eigenvalue weighted by Gasteiger charge is 2.11. The van der Waals surface area contributed by atoms with Gasteiger partial charge in [0, 0.05) is 18.2 Å². The number of hydrogen-bond donors (Lipinski definition) is 3. The van der Waals surface area contributed by atoms with Crippen molar-refractivity contribution < 1.29 is 14.8 Å². The van der Waals surface area contributed by atoms with Crippen molar-refractivity contribution in [2.75, 3.05) is 0 Å². The molecule has 1 aromatic carbocycles. The van der Waals surface area contributed by atoms with Crippen LogP contribution in [0.3, 0.4) is 0 Å². The molecule has 3 N–H and O–H groups in total. The van der Waals surface area contributed by atoms with Crippen LogP contribution in [0.4, 0.5) is 10.5 Å². The molecule has 0 heterocycles. The topological polar surface area (TPSA) is 104 Å². The van der Waals surface area contributed by atoms with Gasteiger partial charge in [0.2, 0.25) is 0 Å². The highest BCUT2D eigenvalue weighted by molar-refractivity contribution is 5.63. The number of rotatable bonds is 4. The summed E-state index contributed by atoms with van der Waals surface area (Å²) in [6.07, 6.45) is -1.24. The third kappa shape index (κ3) is 3.24. The van der Waals surface area contributed by atoms with Crippen LogP contribution >= 0.6 is 0 Å². The van der Waals surface area contributed by atoms with Gasteiger partial charge in [-0.25, -0.2) is 10.2 Å². The molecule has 0 radical (unpaired) electrons. The third-order valence-corrected chi connectivity index (χ3v) is 1.66. The van der Waals surface area contributed by atoms with Gasteiger partial charge in [-0.1, -0.05) is 18.2 Å². The minimum atomic E-state index is -1.24. The Morgan fingerprint density at radius 3 is 2.73 bits per heavy atom. The van der Waals surface area contributed by atoms with E-state index in [0.717, 1.165) is 0 Å². The Labute approximate surface area is 84.8 Å². The quantitative estimate of drug-likeness (QED) is 0.506. The molecule has 0 aliphatic rings. The van der Waals surface area contributed by atoms with Crippen LogP contribution in [0.25, 0.3) is 0 Å². The molecule has 0 atom stereocenters. The Bertz CT molecular complexity index is 380. The summed E-state index contributed by atoms with van der Waals surface area (Å²) < 4.78 is 0. The predicted molar refractivity (Wildman–Crippen MR) is 51.1 cm³/mol. The Balaban J connectivity index is 2.67. The molecule has 0 unspecified atom stereocenters. The number of carboxylic acid groups (broad SMARTS) is 1. The summed E-state index contributed by atoms with van der Waals surface area (Å²) in [6, 6.07) is 6.10. The molecule has 0 aliphatic carbocycles. The monoisotopic (exact) mass is 211 g/mol. The van der Waals surface area contributed by atoms with Gasteiger partial charge in [-0.2, -0.15) is 0 Å². The Morgan fingerprint density at radius 1 is 1.47 bits per heavy atom. The van der Waals surface area contributed by atoms with E-state index in [-0.39, 0.29) is 12.2 Å². The number of nitro groups is 1. The maximum absolute atomic E-state index is 10.6. The van der Waals surface area contributed by atoms with Gasteiger partial charge >= 0.3 is 6.09 Å². The van der Waals surface area contributed by atoms with Gasteiger partial charge in [0.25, 0.3) is 5.69 Å². The lowest BCUT2D eigenvalue weighted by molar-refractivity contribution is -0.385. The fourth-order valence-corrected chi connectivity index (χ4v) is 1.05. The fraction of sp³-hybridized carbons (Fsp3) is 0.125. The van der Waals surface area contributed by atoms with Crippen LogP contribution < -0.4 is 10.9 Å². The number of benzene rings is 1. The van der Waals surface area contributed by atoms with E-state index in [4.69, 9.17) is 5.11 Å². The molecule has 1 aromatic rings. The SMILES string of the molecule is O=C(O)NNCc1ccccc1[N+](=O)[O-]. The molecule has 7 nitrogen and oxygen atoms in total. The standard InChI is InChI=1S/C8H9N3O4/c12-8(13)10-9-5-6-3-1-2-4-7(6)11(14)15/h1-4,9-10H,5H2,(H,12,13). The lowest BCUT2D eigenvalue weighted by Gasteiger charge is -2.04. The van der Waals surface area contributed by atoms with Crippen LogP contribution in [-0.4, -0.2) is 16.1 Å². The number of nitro benzene ring substituents is 1. The molecule has 0 aliphatic heterocycles. The van der Waals surface area contributed by atoms with Crippen LogP contribution in [0.5, 0.6) is 0 Å². The molecule has 0 fully saturated rings. The smallest absolute Gasteiger partial charge is 0.419 e. The summed E-state index contributed by atoms with van der Waals surface area (Å²) in [5, 5.41) is 18.8. The first-order valence-corrected chi connectivity index (χ1v) is 4.05. The van der Waals surface area contributed by atoms with E-state index < -0.39 is 11.0 Å². The van der Waals surface area contributed by atoms with E-state index in [1.165, 1.54) is 6.07 Å². The summed E-state index contributed by atoms with van der Waals surface area (Å²) in [5.41, 5.74) is 4.62. The Hall–Kier alpha value is -2.15. The number of hydrazine groups is 1. The lowest BCUT2D eigenvalue weighted by Crippen LogP contribution is -2.35. The van der Waals surface area contributed by atoms with E-state index >= 15 is 0 Å². The highest BCUT2D eigenvalue weighted by Crippen LogP contribution is 2.16. The number of nitrogens with zero attached hydrogens (tertiary/aromatic N) is 1. The second-order valence-electron chi connectivity index (χ2n) is 2.67. The van der Waals surface area contributed by atoms with Crippen molar-refractivity contribution in [3.05, 3.63) is 39.9 Å². The van der Waals surface area contributed by atoms with E-state index in [2.05, 4.69) is 5.43 Å². The Morgan fingerprint density at radius 2 is 2.13 bits per heavy atom. The van der Waals surface area contributed by atoms with E-state index in [9.17, 15) is 14.9 Å². The molecule has 15 heavy (non-hydrogen) atoms. The summed E-state index contributed by atoms with van der Waals surface area (Å²) in [7, 11) is 0. The van der Waals surface area contributed by atoms with Crippen molar-refractivity contribution in [3.63, 3.8) is 0 Å². The average molecular weight is 211 g/mol. The molecule has 1 rings (SSSR count). The maximum atomic E-state index is 10.6. The largest absolute Gasteiger partial charge is 0.464 e. The molecule has 0 saturated carbocycles. The molecular formula is C8H9N3O4. The minimum absolute atomic E-state index is 0.0443. The number of amides is 1. The van der Waals surface area contributed by atoms with Gasteiger partial charge in [-0.05, 0) is 0 Å². The number of carbonyl (C=O) groups is 1. The van der Waals surface area contributed by atoms with Crippen LogP contribution in [0, 0.1) is 10.1 Å². The lowest BCUT2D eigenvalue weighted by atomic mass is 10.2. The summed E-state index contributed by atoms with van der Waals surface area (Å²) >= 11 is 0. The zero-order valence-corrected chi connectivity index (χ0v) is 7.64. The summed E-state index contributed by atoms with van der Waals surface area (Å²) in [6.45, 7) is 0.0590. The van der Waals surface area contributed by atoms with Crippen molar-refractivity contribution in [3.8, 4) is 0 Å². The molecule has 1 amide bonds. The van der Waals surface area contributed by atoms with Gasteiger partial charge < -0.3 is 5.11 Å². The van der Waals surface area contributed by atoms with Crippen molar-refractivity contribution in [2.45, 2.75) is 6.54 Å². The van der Waals surface area contributed by atoms with Crippen molar-refractivity contribution >= 4 is 11.8 Å². The van der Waals surface area contributed by atoms with Gasteiger partial charge in [0.15, 0.2) is 0 Å². The second-order valence-corrected chi connectivity index (χ2v) is 2.67. The highest BCUT2D eigenvalue weighted by atomic mass is 16.6. The van der Waals surface area contributed by atoms with Crippen molar-refractivity contribution in [1.29, 1.82) is 0 Å². The van der Waals surface area contributed by atoms with Crippen LogP contribution in [0.2, 0.25) is 0 Å². The molecule has 80 valence electrons. The zero-order valence-electron chi connectivity index (χ0n) is 7.64. The molecule has 0 spiro atoms. The number of nitrogens with one attached hydrogen (secondary N) is 2. The molecule has 7 heteroatoms. The first kappa shape index (κ1) is 10.9. The van der Waals surface area contributed by atoms with Gasteiger partial charge in [0.1, 0.15) is 0 Å². The van der Waals surface area contributed by atoms with E-state index in [1.54, 1.807) is 18.2 Å². The number of para-hydroxylation sites is 1. The first-order chi connectivity index (χ1) is 7.11. The van der Waals surface area contributed by atoms with Crippen molar-refractivity contribution in [2.24, 2.45) is 0 Å². The normalized spacial score (nSPS) is 9.60.